The van der Waals surface area contributed by atoms with Gasteiger partial charge in [-0.2, -0.15) is 0 Å². The highest BCUT2D eigenvalue weighted by molar-refractivity contribution is 9.10. The van der Waals surface area contributed by atoms with E-state index in [0.717, 1.165) is 0 Å². The lowest BCUT2D eigenvalue weighted by Gasteiger charge is -2.13. The van der Waals surface area contributed by atoms with Crippen molar-refractivity contribution in [3.05, 3.63) is 52.8 Å². The van der Waals surface area contributed by atoms with Crippen LogP contribution in [0.4, 0.5) is 10.1 Å². The van der Waals surface area contributed by atoms with Gasteiger partial charge in [0.25, 0.3) is 5.91 Å². The van der Waals surface area contributed by atoms with E-state index in [1.165, 1.54) is 43.5 Å². The van der Waals surface area contributed by atoms with Gasteiger partial charge in [0.2, 0.25) is 10.0 Å². The number of carbonyl (C=O) groups excluding carboxylic acids is 1. The molecule has 0 saturated carbocycles. The number of methoxy groups -OCH3 is 1. The van der Waals surface area contributed by atoms with Crippen molar-refractivity contribution in [3.8, 4) is 5.75 Å². The topological polar surface area (TPSA) is 93.7 Å². The SMILES string of the molecule is COCC(C)NS(=O)(=O)c1ccc(NC(=O)COc2ccc(Br)cc2F)cc1. The quantitative estimate of drug-likeness (QED) is 0.582. The maximum Gasteiger partial charge on any atom is 0.262 e. The maximum absolute atomic E-state index is 13.7. The Morgan fingerprint density at radius 3 is 2.50 bits per heavy atom. The summed E-state index contributed by atoms with van der Waals surface area (Å²) in [5.41, 5.74) is 0.383. The first-order valence-corrected chi connectivity index (χ1v) is 10.5. The van der Waals surface area contributed by atoms with E-state index >= 15 is 0 Å². The number of amides is 1. The zero-order valence-corrected chi connectivity index (χ0v) is 17.6. The molecule has 0 bridgehead atoms. The second-order valence-electron chi connectivity index (χ2n) is 5.91. The molecular weight excluding hydrogens is 455 g/mol. The summed E-state index contributed by atoms with van der Waals surface area (Å²) in [5, 5.41) is 2.55. The highest BCUT2D eigenvalue weighted by atomic mass is 79.9. The van der Waals surface area contributed by atoms with Gasteiger partial charge in [0.15, 0.2) is 18.2 Å². The van der Waals surface area contributed by atoms with E-state index in [0.29, 0.717) is 10.2 Å². The van der Waals surface area contributed by atoms with Gasteiger partial charge >= 0.3 is 0 Å². The average molecular weight is 475 g/mol. The summed E-state index contributed by atoms with van der Waals surface area (Å²) in [6.45, 7) is 1.53. The predicted octanol–water partition coefficient (Wildman–Crippen LogP) is 2.92. The molecule has 0 aliphatic rings. The molecule has 2 aromatic rings. The largest absolute Gasteiger partial charge is 0.481 e. The number of hydrogen-bond acceptors (Lipinski definition) is 5. The van der Waals surface area contributed by atoms with E-state index in [2.05, 4.69) is 26.0 Å². The van der Waals surface area contributed by atoms with Crippen molar-refractivity contribution >= 4 is 37.5 Å². The van der Waals surface area contributed by atoms with E-state index in [1.807, 2.05) is 0 Å². The molecule has 0 heterocycles. The van der Waals surface area contributed by atoms with E-state index in [4.69, 9.17) is 9.47 Å². The lowest BCUT2D eigenvalue weighted by molar-refractivity contribution is -0.118. The number of ether oxygens (including phenoxy) is 2. The van der Waals surface area contributed by atoms with Crippen molar-refractivity contribution in [1.29, 1.82) is 0 Å². The molecule has 1 unspecified atom stereocenters. The second kappa shape index (κ2) is 9.97. The summed E-state index contributed by atoms with van der Waals surface area (Å²) in [4.78, 5) is 12.0. The average Bonchev–Trinajstić information content (AvgIpc) is 2.61. The fourth-order valence-corrected chi connectivity index (χ4v) is 3.83. The lowest BCUT2D eigenvalue weighted by atomic mass is 10.3. The Kier molecular flexibility index (Phi) is 7.93. The number of carbonyl (C=O) groups is 1. The number of anilines is 1. The minimum absolute atomic E-state index is 0.0453. The van der Waals surface area contributed by atoms with E-state index in [-0.39, 0.29) is 23.3 Å². The summed E-state index contributed by atoms with van der Waals surface area (Å²) in [5.74, 6) is -1.15. The summed E-state index contributed by atoms with van der Waals surface area (Å²) in [7, 11) is -2.21. The second-order valence-corrected chi connectivity index (χ2v) is 8.54. The van der Waals surface area contributed by atoms with Crippen molar-refractivity contribution in [2.45, 2.75) is 17.9 Å². The van der Waals surface area contributed by atoms with Gasteiger partial charge in [0, 0.05) is 23.3 Å². The van der Waals surface area contributed by atoms with Gasteiger partial charge in [0.05, 0.1) is 11.5 Å². The van der Waals surface area contributed by atoms with Crippen LogP contribution in [0.15, 0.2) is 51.8 Å². The third-order valence-electron chi connectivity index (χ3n) is 3.47. The minimum Gasteiger partial charge on any atom is -0.481 e. The number of sulfonamides is 1. The van der Waals surface area contributed by atoms with Crippen LogP contribution < -0.4 is 14.8 Å². The van der Waals surface area contributed by atoms with Crippen LogP contribution in [-0.4, -0.2) is 40.7 Å². The van der Waals surface area contributed by atoms with Crippen LogP contribution >= 0.6 is 15.9 Å². The van der Waals surface area contributed by atoms with Gasteiger partial charge in [0.1, 0.15) is 0 Å². The zero-order valence-electron chi connectivity index (χ0n) is 15.2. The fourth-order valence-electron chi connectivity index (χ4n) is 2.27. The predicted molar refractivity (Wildman–Crippen MR) is 106 cm³/mol. The van der Waals surface area contributed by atoms with Crippen LogP contribution in [0, 0.1) is 5.82 Å². The smallest absolute Gasteiger partial charge is 0.262 e. The highest BCUT2D eigenvalue weighted by Gasteiger charge is 2.17. The van der Waals surface area contributed by atoms with Crippen LogP contribution in [0.1, 0.15) is 6.92 Å². The first-order valence-electron chi connectivity index (χ1n) is 8.20. The molecule has 2 aromatic carbocycles. The number of nitrogens with one attached hydrogen (secondary N) is 2. The Balaban J connectivity index is 1.93. The highest BCUT2D eigenvalue weighted by Crippen LogP contribution is 2.21. The third-order valence-corrected chi connectivity index (χ3v) is 5.57. The molecule has 0 radical (unpaired) electrons. The molecule has 0 aliphatic carbocycles. The third kappa shape index (κ3) is 6.55. The van der Waals surface area contributed by atoms with Crippen molar-refractivity contribution in [2.75, 3.05) is 25.6 Å². The van der Waals surface area contributed by atoms with Crippen molar-refractivity contribution < 1.29 is 27.1 Å². The Hall–Kier alpha value is -2.01. The minimum atomic E-state index is -3.69. The monoisotopic (exact) mass is 474 g/mol. The molecular formula is C18H20BrFN2O5S. The number of halogens is 2. The van der Waals surface area contributed by atoms with Crippen molar-refractivity contribution in [2.24, 2.45) is 0 Å². The molecule has 28 heavy (non-hydrogen) atoms. The molecule has 1 amide bonds. The Morgan fingerprint density at radius 2 is 1.89 bits per heavy atom. The van der Waals surface area contributed by atoms with Gasteiger partial charge in [-0.05, 0) is 49.4 Å². The van der Waals surface area contributed by atoms with Crippen LogP contribution in [0.3, 0.4) is 0 Å². The number of hydrogen-bond donors (Lipinski definition) is 2. The van der Waals surface area contributed by atoms with Crippen LogP contribution in [-0.2, 0) is 19.6 Å². The molecule has 2 N–H and O–H groups in total. The van der Waals surface area contributed by atoms with Gasteiger partial charge < -0.3 is 14.8 Å². The van der Waals surface area contributed by atoms with Gasteiger partial charge in [-0.25, -0.2) is 17.5 Å². The van der Waals surface area contributed by atoms with Crippen molar-refractivity contribution in [3.63, 3.8) is 0 Å². The molecule has 0 fully saturated rings. The number of rotatable bonds is 9. The maximum atomic E-state index is 13.7. The molecule has 0 aromatic heterocycles. The first-order chi connectivity index (χ1) is 13.2. The fraction of sp³-hybridized carbons (Fsp3) is 0.278. The Morgan fingerprint density at radius 1 is 1.21 bits per heavy atom. The molecule has 7 nitrogen and oxygen atoms in total. The first kappa shape index (κ1) is 22.3. The van der Waals surface area contributed by atoms with Crippen LogP contribution in [0.2, 0.25) is 0 Å². The standard InChI is InChI=1S/C18H20BrFN2O5S/c1-12(10-26-2)22-28(24,25)15-6-4-14(5-7-15)21-18(23)11-27-17-8-3-13(19)9-16(17)20/h3-9,12,22H,10-11H2,1-2H3,(H,21,23). The number of benzene rings is 2. The summed E-state index contributed by atoms with van der Waals surface area (Å²) in [6.07, 6.45) is 0. The summed E-state index contributed by atoms with van der Waals surface area (Å²) < 4.78 is 51.3. The van der Waals surface area contributed by atoms with Gasteiger partial charge in [-0.15, -0.1) is 0 Å². The van der Waals surface area contributed by atoms with Crippen molar-refractivity contribution in [1.82, 2.24) is 4.72 Å². The Labute approximate surface area is 171 Å². The zero-order chi connectivity index (χ0) is 20.7. The molecule has 0 saturated heterocycles. The van der Waals surface area contributed by atoms with E-state index in [9.17, 15) is 17.6 Å². The van der Waals surface area contributed by atoms with Gasteiger partial charge in [-0.1, -0.05) is 15.9 Å². The molecule has 0 aliphatic heterocycles. The lowest BCUT2D eigenvalue weighted by Crippen LogP contribution is -2.35. The van der Waals surface area contributed by atoms with E-state index < -0.39 is 28.4 Å². The van der Waals surface area contributed by atoms with E-state index in [1.54, 1.807) is 13.0 Å². The molecule has 152 valence electrons. The molecule has 2 rings (SSSR count). The normalized spacial score (nSPS) is 12.4. The van der Waals surface area contributed by atoms with Gasteiger partial charge in [-0.3, -0.25) is 4.79 Å². The molecule has 10 heteroatoms. The van der Waals surface area contributed by atoms with Crippen LogP contribution in [0.25, 0.3) is 0 Å². The molecule has 1 atom stereocenters. The van der Waals surface area contributed by atoms with Crippen LogP contribution in [0.5, 0.6) is 5.75 Å². The Bertz CT molecular complexity index is 922. The molecule has 0 spiro atoms. The summed E-state index contributed by atoms with van der Waals surface area (Å²) >= 11 is 3.13. The summed E-state index contributed by atoms with van der Waals surface area (Å²) in [6, 6.07) is 9.49.